The minimum atomic E-state index is -0.274. The van der Waals surface area contributed by atoms with E-state index in [9.17, 15) is 9.59 Å². The van der Waals surface area contributed by atoms with Gasteiger partial charge < -0.3 is 4.90 Å². The van der Waals surface area contributed by atoms with Gasteiger partial charge in [0.1, 0.15) is 5.70 Å². The number of anilines is 1. The lowest BCUT2D eigenvalue weighted by Crippen LogP contribution is -2.39. The average molecular weight is 437 g/mol. The molecule has 1 saturated heterocycles. The fraction of sp³-hybridized carbons (Fsp3) is 0.385. The zero-order chi connectivity index (χ0) is 22.3. The summed E-state index contributed by atoms with van der Waals surface area (Å²) < 4.78 is 0. The Hall–Kier alpha value is -2.59. The molecule has 2 amide bonds. The van der Waals surface area contributed by atoms with Gasteiger partial charge in [-0.25, -0.2) is 4.90 Å². The molecule has 162 valence electrons. The van der Waals surface area contributed by atoms with Crippen LogP contribution in [0.25, 0.3) is 5.57 Å². The van der Waals surface area contributed by atoms with Crippen LogP contribution in [-0.4, -0.2) is 29.8 Å². The first-order chi connectivity index (χ1) is 14.7. The number of amides is 2. The molecule has 4 nitrogen and oxygen atoms in total. The van der Waals surface area contributed by atoms with Crippen molar-refractivity contribution >= 4 is 34.7 Å². The quantitative estimate of drug-likeness (QED) is 0.583. The lowest BCUT2D eigenvalue weighted by atomic mass is 9.87. The summed E-state index contributed by atoms with van der Waals surface area (Å²) >= 11 is 6.07. The maximum absolute atomic E-state index is 13.6. The van der Waals surface area contributed by atoms with Gasteiger partial charge in [0.15, 0.2) is 0 Å². The molecule has 5 heteroatoms. The number of likely N-dealkylation sites (tertiary alicyclic amines) is 1. The van der Waals surface area contributed by atoms with Crippen molar-refractivity contribution in [3.05, 3.63) is 70.4 Å². The van der Waals surface area contributed by atoms with E-state index in [1.54, 1.807) is 12.1 Å². The standard InChI is InChI=1S/C26H29ClN2O2/c1-17-6-5-15-28(16-17)23-22(18-7-11-20(27)12-8-18)24(30)29(25(23)31)21-13-9-19(10-14-21)26(2,3)4/h7-14,17H,5-6,15-16H2,1-4H3. The van der Waals surface area contributed by atoms with Gasteiger partial charge in [0.05, 0.1) is 11.3 Å². The molecule has 0 bridgehead atoms. The van der Waals surface area contributed by atoms with Crippen molar-refractivity contribution in [2.24, 2.45) is 5.92 Å². The van der Waals surface area contributed by atoms with E-state index in [0.29, 0.717) is 27.9 Å². The summed E-state index contributed by atoms with van der Waals surface area (Å²) in [5.41, 5.74) is 3.47. The van der Waals surface area contributed by atoms with Gasteiger partial charge in [0.25, 0.3) is 11.8 Å². The van der Waals surface area contributed by atoms with Crippen LogP contribution in [0.5, 0.6) is 0 Å². The molecule has 0 aromatic heterocycles. The van der Waals surface area contributed by atoms with Gasteiger partial charge in [0, 0.05) is 18.1 Å². The van der Waals surface area contributed by atoms with E-state index in [4.69, 9.17) is 11.6 Å². The summed E-state index contributed by atoms with van der Waals surface area (Å²) in [6.45, 7) is 10.2. The van der Waals surface area contributed by atoms with Crippen LogP contribution in [0.15, 0.2) is 54.2 Å². The van der Waals surface area contributed by atoms with Gasteiger partial charge in [-0.2, -0.15) is 0 Å². The van der Waals surface area contributed by atoms with Crippen molar-refractivity contribution < 1.29 is 9.59 Å². The monoisotopic (exact) mass is 436 g/mol. The van der Waals surface area contributed by atoms with Crippen LogP contribution in [0.4, 0.5) is 5.69 Å². The van der Waals surface area contributed by atoms with Gasteiger partial charge in [-0.1, -0.05) is 63.6 Å². The van der Waals surface area contributed by atoms with Crippen molar-refractivity contribution in [1.29, 1.82) is 0 Å². The molecule has 0 aliphatic carbocycles. The third kappa shape index (κ3) is 4.14. The second-order valence-electron chi connectivity index (χ2n) is 9.67. The first-order valence-electron chi connectivity index (χ1n) is 10.9. The van der Waals surface area contributed by atoms with E-state index in [1.165, 1.54) is 4.90 Å². The smallest absolute Gasteiger partial charge is 0.282 e. The molecule has 0 saturated carbocycles. The van der Waals surface area contributed by atoms with E-state index >= 15 is 0 Å². The Morgan fingerprint density at radius 2 is 1.58 bits per heavy atom. The summed E-state index contributed by atoms with van der Waals surface area (Å²) in [5, 5.41) is 0.601. The zero-order valence-corrected chi connectivity index (χ0v) is 19.4. The molecule has 4 rings (SSSR count). The number of carbonyl (C=O) groups excluding carboxylic acids is 2. The molecule has 2 heterocycles. The molecule has 2 aromatic carbocycles. The predicted molar refractivity (Wildman–Crippen MR) is 126 cm³/mol. The molecule has 2 aromatic rings. The average Bonchev–Trinajstić information content (AvgIpc) is 2.98. The van der Waals surface area contributed by atoms with E-state index in [0.717, 1.165) is 37.1 Å². The highest BCUT2D eigenvalue weighted by Gasteiger charge is 2.43. The fourth-order valence-corrected chi connectivity index (χ4v) is 4.55. The van der Waals surface area contributed by atoms with Crippen LogP contribution in [-0.2, 0) is 15.0 Å². The minimum absolute atomic E-state index is 0.000621. The second kappa shape index (κ2) is 8.16. The van der Waals surface area contributed by atoms with E-state index < -0.39 is 0 Å². The number of piperidine rings is 1. The highest BCUT2D eigenvalue weighted by molar-refractivity contribution is 6.45. The lowest BCUT2D eigenvalue weighted by molar-refractivity contribution is -0.120. The second-order valence-corrected chi connectivity index (χ2v) is 10.1. The van der Waals surface area contributed by atoms with Crippen molar-refractivity contribution in [3.63, 3.8) is 0 Å². The summed E-state index contributed by atoms with van der Waals surface area (Å²) in [7, 11) is 0. The highest BCUT2D eigenvalue weighted by atomic mass is 35.5. The topological polar surface area (TPSA) is 40.6 Å². The molecule has 0 spiro atoms. The number of rotatable bonds is 3. The normalized spacial score (nSPS) is 20.1. The van der Waals surface area contributed by atoms with Gasteiger partial charge in [-0.05, 0) is 59.6 Å². The van der Waals surface area contributed by atoms with Gasteiger partial charge in [0.2, 0.25) is 0 Å². The molecular weight excluding hydrogens is 408 g/mol. The Labute approximate surface area is 189 Å². The largest absolute Gasteiger partial charge is 0.366 e. The molecule has 1 atom stereocenters. The summed E-state index contributed by atoms with van der Waals surface area (Å²) in [6.07, 6.45) is 2.15. The van der Waals surface area contributed by atoms with Crippen LogP contribution in [0.1, 0.15) is 51.7 Å². The molecular formula is C26H29ClN2O2. The Bertz CT molecular complexity index is 1030. The third-order valence-electron chi connectivity index (χ3n) is 6.16. The molecule has 0 radical (unpaired) electrons. The third-order valence-corrected chi connectivity index (χ3v) is 6.41. The number of imide groups is 1. The number of carbonyl (C=O) groups is 2. The Kier molecular flexibility index (Phi) is 5.69. The van der Waals surface area contributed by atoms with Crippen LogP contribution < -0.4 is 4.90 Å². The van der Waals surface area contributed by atoms with Crippen molar-refractivity contribution in [2.75, 3.05) is 18.0 Å². The first kappa shape index (κ1) is 21.6. The number of nitrogens with zero attached hydrogens (tertiary/aromatic N) is 2. The molecule has 1 unspecified atom stereocenters. The number of hydrogen-bond donors (Lipinski definition) is 0. The predicted octanol–water partition coefficient (Wildman–Crippen LogP) is 5.65. The van der Waals surface area contributed by atoms with E-state index in [-0.39, 0.29) is 17.2 Å². The van der Waals surface area contributed by atoms with Crippen LogP contribution >= 0.6 is 11.6 Å². The Balaban J connectivity index is 1.77. The van der Waals surface area contributed by atoms with E-state index in [2.05, 4.69) is 32.6 Å². The highest BCUT2D eigenvalue weighted by Crippen LogP contribution is 2.37. The van der Waals surface area contributed by atoms with Crippen molar-refractivity contribution in [1.82, 2.24) is 4.90 Å². The molecule has 1 fully saturated rings. The summed E-state index contributed by atoms with van der Waals surface area (Å²) in [5.74, 6) is -0.0349. The summed E-state index contributed by atoms with van der Waals surface area (Å²) in [6, 6.07) is 14.9. The number of halogens is 1. The fourth-order valence-electron chi connectivity index (χ4n) is 4.43. The van der Waals surface area contributed by atoms with Crippen LogP contribution in [0.2, 0.25) is 5.02 Å². The van der Waals surface area contributed by atoms with Crippen LogP contribution in [0, 0.1) is 5.92 Å². The first-order valence-corrected chi connectivity index (χ1v) is 11.3. The lowest BCUT2D eigenvalue weighted by Gasteiger charge is -2.33. The number of benzene rings is 2. The minimum Gasteiger partial charge on any atom is -0.366 e. The van der Waals surface area contributed by atoms with Gasteiger partial charge in [-0.3, -0.25) is 9.59 Å². The molecule has 31 heavy (non-hydrogen) atoms. The Morgan fingerprint density at radius 3 is 2.16 bits per heavy atom. The Morgan fingerprint density at radius 1 is 0.935 bits per heavy atom. The maximum atomic E-state index is 13.6. The van der Waals surface area contributed by atoms with Gasteiger partial charge in [-0.15, -0.1) is 0 Å². The van der Waals surface area contributed by atoms with Crippen molar-refractivity contribution in [3.8, 4) is 0 Å². The van der Waals surface area contributed by atoms with Gasteiger partial charge >= 0.3 is 0 Å². The SMILES string of the molecule is CC1CCCN(C2=C(c3ccc(Cl)cc3)C(=O)N(c3ccc(C(C)(C)C)cc3)C2=O)C1. The molecule has 2 aliphatic rings. The zero-order valence-electron chi connectivity index (χ0n) is 18.6. The summed E-state index contributed by atoms with van der Waals surface area (Å²) in [4.78, 5) is 30.7. The van der Waals surface area contributed by atoms with Crippen LogP contribution in [0.3, 0.4) is 0 Å². The van der Waals surface area contributed by atoms with E-state index in [1.807, 2.05) is 36.4 Å². The molecule has 0 N–H and O–H groups in total. The maximum Gasteiger partial charge on any atom is 0.282 e. The molecule has 2 aliphatic heterocycles. The number of hydrogen-bond acceptors (Lipinski definition) is 3. The van der Waals surface area contributed by atoms with Crippen molar-refractivity contribution in [2.45, 2.75) is 46.0 Å².